The Kier molecular flexibility index (Phi) is 5.92. The second-order valence-corrected chi connectivity index (χ2v) is 8.67. The smallest absolute Gasteiger partial charge is 0.264 e. The molecule has 6 nitrogen and oxygen atoms in total. The van der Waals surface area contributed by atoms with Crippen LogP contribution >= 0.6 is 23.7 Å². The number of aromatic nitrogens is 2. The lowest BCUT2D eigenvalue weighted by atomic mass is 10.2. The van der Waals surface area contributed by atoms with Crippen molar-refractivity contribution in [1.29, 1.82) is 0 Å². The van der Waals surface area contributed by atoms with Gasteiger partial charge in [-0.05, 0) is 31.5 Å². The number of hydrogen-bond donors (Lipinski definition) is 1. The van der Waals surface area contributed by atoms with Crippen LogP contribution in [0, 0.1) is 6.92 Å². The molecule has 0 bridgehead atoms. The zero-order valence-electron chi connectivity index (χ0n) is 16.5. The van der Waals surface area contributed by atoms with Crippen molar-refractivity contribution in [3.8, 4) is 5.69 Å². The lowest BCUT2D eigenvalue weighted by Crippen LogP contribution is -2.49. The minimum atomic E-state index is 0. The van der Waals surface area contributed by atoms with Gasteiger partial charge in [-0.15, -0.1) is 23.7 Å². The molecule has 2 aliphatic heterocycles. The van der Waals surface area contributed by atoms with Gasteiger partial charge in [-0.3, -0.25) is 9.69 Å². The number of aryl methyl sites for hydroxylation is 1. The molecule has 1 amide bonds. The fourth-order valence-corrected chi connectivity index (χ4v) is 5.48. The largest absolute Gasteiger partial charge is 0.336 e. The number of thiophene rings is 1. The van der Waals surface area contributed by atoms with Crippen molar-refractivity contribution in [3.05, 3.63) is 47.0 Å². The molecule has 2 aliphatic rings. The molecule has 2 aromatic heterocycles. The van der Waals surface area contributed by atoms with Crippen LogP contribution in [-0.4, -0.2) is 70.8 Å². The maximum Gasteiger partial charge on any atom is 0.264 e. The Labute approximate surface area is 180 Å². The van der Waals surface area contributed by atoms with Crippen LogP contribution in [0.3, 0.4) is 0 Å². The van der Waals surface area contributed by atoms with Gasteiger partial charge in [0.1, 0.15) is 4.83 Å². The number of fused-ring (bicyclic) bond motifs is 1. The van der Waals surface area contributed by atoms with Crippen LogP contribution in [0.25, 0.3) is 15.9 Å². The molecule has 1 aromatic carbocycles. The fourth-order valence-electron chi connectivity index (χ4n) is 4.32. The van der Waals surface area contributed by atoms with Crippen molar-refractivity contribution >= 4 is 39.9 Å². The fraction of sp³-hybridized carbons (Fsp3) is 0.429. The second-order valence-electron chi connectivity index (χ2n) is 7.64. The van der Waals surface area contributed by atoms with Gasteiger partial charge in [0.15, 0.2) is 0 Å². The minimum Gasteiger partial charge on any atom is -0.336 e. The highest BCUT2D eigenvalue weighted by Crippen LogP contribution is 2.32. The number of carbonyl (C=O) groups is 1. The second kappa shape index (κ2) is 8.44. The average Bonchev–Trinajstić information content (AvgIpc) is 3.46. The summed E-state index contributed by atoms with van der Waals surface area (Å²) >= 11 is 1.56. The molecular formula is C21H26ClN5OS. The molecule has 29 heavy (non-hydrogen) atoms. The van der Waals surface area contributed by atoms with E-state index in [2.05, 4.69) is 15.3 Å². The molecule has 2 fully saturated rings. The van der Waals surface area contributed by atoms with Crippen molar-refractivity contribution in [1.82, 2.24) is 24.9 Å². The van der Waals surface area contributed by atoms with E-state index in [0.717, 1.165) is 72.2 Å². The van der Waals surface area contributed by atoms with Gasteiger partial charge in [-0.1, -0.05) is 18.2 Å². The number of rotatable bonds is 3. The molecule has 1 atom stereocenters. The zero-order valence-corrected chi connectivity index (χ0v) is 18.1. The summed E-state index contributed by atoms with van der Waals surface area (Å²) in [6.07, 6.45) is 1.08. The van der Waals surface area contributed by atoms with Crippen molar-refractivity contribution in [2.24, 2.45) is 0 Å². The number of para-hydroxylation sites is 1. The number of likely N-dealkylation sites (tertiary alicyclic amines) is 1. The van der Waals surface area contributed by atoms with Gasteiger partial charge in [0, 0.05) is 50.7 Å². The van der Waals surface area contributed by atoms with Crippen LogP contribution in [-0.2, 0) is 0 Å². The summed E-state index contributed by atoms with van der Waals surface area (Å²) in [7, 11) is 0. The lowest BCUT2D eigenvalue weighted by molar-refractivity contribution is 0.0778. The van der Waals surface area contributed by atoms with Gasteiger partial charge in [0.25, 0.3) is 5.91 Å². The standard InChI is InChI=1S/C21H25N5OS.ClH/c1-15-18-13-19(28-21(18)26(23-15)16-5-3-2-4-6-16)20(27)25-10-7-17(14-25)24-11-8-22-9-12-24;/h2-6,13,17,22H,7-12,14H2,1H3;1H. The van der Waals surface area contributed by atoms with E-state index in [1.165, 1.54) is 0 Å². The molecule has 0 aliphatic carbocycles. The van der Waals surface area contributed by atoms with Gasteiger partial charge in [0.05, 0.1) is 16.3 Å². The topological polar surface area (TPSA) is 53.4 Å². The number of benzene rings is 1. The van der Waals surface area contributed by atoms with E-state index in [1.54, 1.807) is 11.3 Å². The molecule has 4 heterocycles. The molecule has 5 rings (SSSR count). The number of piperazine rings is 1. The molecular weight excluding hydrogens is 406 g/mol. The maximum absolute atomic E-state index is 13.2. The first-order valence-electron chi connectivity index (χ1n) is 9.99. The first-order valence-corrected chi connectivity index (χ1v) is 10.8. The zero-order chi connectivity index (χ0) is 19.1. The quantitative estimate of drug-likeness (QED) is 0.692. The van der Waals surface area contributed by atoms with E-state index in [4.69, 9.17) is 0 Å². The summed E-state index contributed by atoms with van der Waals surface area (Å²) in [6.45, 7) is 7.98. The summed E-state index contributed by atoms with van der Waals surface area (Å²) in [4.78, 5) is 19.6. The third kappa shape index (κ3) is 3.80. The summed E-state index contributed by atoms with van der Waals surface area (Å²) in [6, 6.07) is 12.7. The maximum atomic E-state index is 13.2. The van der Waals surface area contributed by atoms with Gasteiger partial charge in [-0.2, -0.15) is 5.10 Å². The number of carbonyl (C=O) groups excluding carboxylic acids is 1. The average molecular weight is 432 g/mol. The van der Waals surface area contributed by atoms with Gasteiger partial charge >= 0.3 is 0 Å². The molecule has 0 saturated carbocycles. The first-order chi connectivity index (χ1) is 13.7. The van der Waals surface area contributed by atoms with Gasteiger partial charge in [-0.25, -0.2) is 4.68 Å². The van der Waals surface area contributed by atoms with Gasteiger partial charge < -0.3 is 10.2 Å². The number of amides is 1. The van der Waals surface area contributed by atoms with Crippen LogP contribution in [0.4, 0.5) is 0 Å². The van der Waals surface area contributed by atoms with E-state index in [0.29, 0.717) is 6.04 Å². The summed E-state index contributed by atoms with van der Waals surface area (Å²) in [5.41, 5.74) is 2.00. The highest BCUT2D eigenvalue weighted by atomic mass is 35.5. The number of hydrogen-bond acceptors (Lipinski definition) is 5. The number of nitrogens with one attached hydrogen (secondary N) is 1. The monoisotopic (exact) mass is 431 g/mol. The van der Waals surface area contributed by atoms with E-state index in [-0.39, 0.29) is 18.3 Å². The molecule has 1 N–H and O–H groups in total. The molecule has 0 radical (unpaired) electrons. The Morgan fingerprint density at radius 1 is 1.17 bits per heavy atom. The summed E-state index contributed by atoms with van der Waals surface area (Å²) < 4.78 is 1.96. The van der Waals surface area contributed by atoms with Crippen LogP contribution in [0.5, 0.6) is 0 Å². The highest BCUT2D eigenvalue weighted by Gasteiger charge is 2.32. The Balaban J connectivity index is 0.00000205. The van der Waals surface area contributed by atoms with E-state index in [1.807, 2.05) is 52.9 Å². The third-order valence-corrected chi connectivity index (χ3v) is 6.97. The van der Waals surface area contributed by atoms with Crippen LogP contribution < -0.4 is 5.32 Å². The van der Waals surface area contributed by atoms with Crippen LogP contribution in [0.15, 0.2) is 36.4 Å². The molecule has 3 aromatic rings. The highest BCUT2D eigenvalue weighted by molar-refractivity contribution is 7.20. The van der Waals surface area contributed by atoms with Crippen molar-refractivity contribution in [3.63, 3.8) is 0 Å². The molecule has 8 heteroatoms. The van der Waals surface area contributed by atoms with Crippen molar-refractivity contribution < 1.29 is 4.79 Å². The predicted octanol–water partition coefficient (Wildman–Crippen LogP) is 2.94. The first kappa shape index (κ1) is 20.3. The SMILES string of the molecule is Cc1nn(-c2ccccc2)c2sc(C(=O)N3CCC(N4CCNCC4)C3)cc12.Cl. The van der Waals surface area contributed by atoms with Crippen molar-refractivity contribution in [2.45, 2.75) is 19.4 Å². The van der Waals surface area contributed by atoms with E-state index in [9.17, 15) is 4.79 Å². The summed E-state index contributed by atoms with van der Waals surface area (Å²) in [5.74, 6) is 0.165. The van der Waals surface area contributed by atoms with E-state index >= 15 is 0 Å². The van der Waals surface area contributed by atoms with Crippen LogP contribution in [0.2, 0.25) is 0 Å². The molecule has 0 spiro atoms. The Hall–Kier alpha value is -1.93. The van der Waals surface area contributed by atoms with Crippen molar-refractivity contribution in [2.75, 3.05) is 39.3 Å². The van der Waals surface area contributed by atoms with E-state index < -0.39 is 0 Å². The summed E-state index contributed by atoms with van der Waals surface area (Å²) in [5, 5.41) is 9.16. The molecule has 154 valence electrons. The third-order valence-electron chi connectivity index (χ3n) is 5.87. The lowest BCUT2D eigenvalue weighted by Gasteiger charge is -2.32. The minimum absolute atomic E-state index is 0. The Morgan fingerprint density at radius 3 is 2.69 bits per heavy atom. The number of halogens is 1. The Morgan fingerprint density at radius 2 is 1.93 bits per heavy atom. The van der Waals surface area contributed by atoms with Gasteiger partial charge in [0.2, 0.25) is 0 Å². The molecule has 2 saturated heterocycles. The van der Waals surface area contributed by atoms with Crippen LogP contribution in [0.1, 0.15) is 21.8 Å². The predicted molar refractivity (Wildman–Crippen MR) is 120 cm³/mol. The molecule has 1 unspecified atom stereocenters. The Bertz CT molecular complexity index is 995. The number of nitrogens with zero attached hydrogens (tertiary/aromatic N) is 4. The normalized spacial score (nSPS) is 20.2.